The molecule has 0 saturated carbocycles. The molecule has 2 nitrogen and oxygen atoms in total. The van der Waals surface area contributed by atoms with E-state index in [0.717, 1.165) is 0 Å². The zero-order chi connectivity index (χ0) is 12.6. The van der Waals surface area contributed by atoms with Crippen LogP contribution in [-0.4, -0.2) is 4.98 Å². The first kappa shape index (κ1) is 12.8. The topological polar surface area (TPSA) is 38.9 Å². The highest BCUT2D eigenvalue weighted by atomic mass is 14.7. The van der Waals surface area contributed by atoms with Crippen LogP contribution in [0.2, 0.25) is 0 Å². The number of pyridine rings is 1. The van der Waals surface area contributed by atoms with Crippen molar-refractivity contribution in [2.45, 2.75) is 32.2 Å². The number of fused-ring (bicyclic) bond motifs is 1. The van der Waals surface area contributed by atoms with Gasteiger partial charge in [-0.1, -0.05) is 36.4 Å². The van der Waals surface area contributed by atoms with Crippen LogP contribution < -0.4 is 5.73 Å². The molecule has 0 atom stereocenters. The van der Waals surface area contributed by atoms with E-state index in [1.54, 1.807) is 0 Å². The smallest absolute Gasteiger partial charge is 0.0435 e. The molecule has 3 rings (SSSR count). The fourth-order valence-corrected chi connectivity index (χ4v) is 2.15. The van der Waals surface area contributed by atoms with Crippen LogP contribution in [0.1, 0.15) is 29.7 Å². The Morgan fingerprint density at radius 1 is 0.944 bits per heavy atom. The van der Waals surface area contributed by atoms with Crippen LogP contribution in [0.25, 0.3) is 0 Å². The summed E-state index contributed by atoms with van der Waals surface area (Å²) in [6.07, 6.45) is 6.99. The molecule has 0 radical (unpaired) electrons. The van der Waals surface area contributed by atoms with Crippen LogP contribution in [0.3, 0.4) is 0 Å². The Hall–Kier alpha value is -1.67. The number of aromatic nitrogens is 1. The van der Waals surface area contributed by atoms with Gasteiger partial charge in [-0.3, -0.25) is 4.98 Å². The molecular weight excluding hydrogens is 220 g/mol. The SMILES string of the molecule is NCc1ccccc1.c1cnc2c(c1)CCCC2. The van der Waals surface area contributed by atoms with E-state index < -0.39 is 0 Å². The minimum atomic E-state index is 0.640. The fourth-order valence-electron chi connectivity index (χ4n) is 2.15. The van der Waals surface area contributed by atoms with Crippen LogP contribution >= 0.6 is 0 Å². The lowest BCUT2D eigenvalue weighted by Gasteiger charge is -2.12. The van der Waals surface area contributed by atoms with Crippen molar-refractivity contribution in [1.29, 1.82) is 0 Å². The number of hydrogen-bond donors (Lipinski definition) is 1. The van der Waals surface area contributed by atoms with Crippen molar-refractivity contribution in [2.75, 3.05) is 0 Å². The van der Waals surface area contributed by atoms with Crippen molar-refractivity contribution in [2.24, 2.45) is 5.73 Å². The average molecular weight is 240 g/mol. The van der Waals surface area contributed by atoms with E-state index >= 15 is 0 Å². The van der Waals surface area contributed by atoms with Gasteiger partial charge in [0.25, 0.3) is 0 Å². The van der Waals surface area contributed by atoms with Crippen molar-refractivity contribution >= 4 is 0 Å². The maximum atomic E-state index is 5.35. The Labute approximate surface area is 109 Å². The average Bonchev–Trinajstić information content (AvgIpc) is 2.49. The van der Waals surface area contributed by atoms with Gasteiger partial charge in [0.05, 0.1) is 0 Å². The number of hydrogen-bond acceptors (Lipinski definition) is 2. The summed E-state index contributed by atoms with van der Waals surface area (Å²) in [5.74, 6) is 0. The summed E-state index contributed by atoms with van der Waals surface area (Å²) < 4.78 is 0. The highest BCUT2D eigenvalue weighted by Crippen LogP contribution is 2.17. The fraction of sp³-hybridized carbons (Fsp3) is 0.312. The first-order valence-corrected chi connectivity index (χ1v) is 6.57. The predicted molar refractivity (Wildman–Crippen MR) is 75.2 cm³/mol. The first-order chi connectivity index (χ1) is 8.90. The Balaban J connectivity index is 0.000000138. The Kier molecular flexibility index (Phi) is 4.91. The van der Waals surface area contributed by atoms with Gasteiger partial charge in [-0.15, -0.1) is 0 Å². The molecule has 2 N–H and O–H groups in total. The maximum absolute atomic E-state index is 5.35. The maximum Gasteiger partial charge on any atom is 0.0435 e. The van der Waals surface area contributed by atoms with Gasteiger partial charge in [0.15, 0.2) is 0 Å². The molecule has 0 spiro atoms. The first-order valence-electron chi connectivity index (χ1n) is 6.57. The van der Waals surface area contributed by atoms with Gasteiger partial charge in [-0.05, 0) is 42.9 Å². The van der Waals surface area contributed by atoms with E-state index in [-0.39, 0.29) is 0 Å². The molecule has 0 amide bonds. The lowest BCUT2D eigenvalue weighted by atomic mass is 9.96. The van der Waals surface area contributed by atoms with E-state index in [2.05, 4.69) is 11.1 Å². The van der Waals surface area contributed by atoms with E-state index in [1.165, 1.54) is 42.5 Å². The summed E-state index contributed by atoms with van der Waals surface area (Å²) in [6, 6.07) is 14.2. The Morgan fingerprint density at radius 3 is 2.39 bits per heavy atom. The summed E-state index contributed by atoms with van der Waals surface area (Å²) in [5.41, 5.74) is 9.33. The lowest BCUT2D eigenvalue weighted by molar-refractivity contribution is 0.668. The van der Waals surface area contributed by atoms with Crippen molar-refractivity contribution in [3.8, 4) is 0 Å². The molecular formula is C16H20N2. The predicted octanol–water partition coefficient (Wildman–Crippen LogP) is 3.11. The van der Waals surface area contributed by atoms with Gasteiger partial charge >= 0.3 is 0 Å². The molecule has 18 heavy (non-hydrogen) atoms. The molecule has 1 aliphatic carbocycles. The zero-order valence-electron chi connectivity index (χ0n) is 10.7. The molecule has 0 aliphatic heterocycles. The second kappa shape index (κ2) is 6.92. The molecule has 2 heteroatoms. The van der Waals surface area contributed by atoms with Crippen LogP contribution in [-0.2, 0) is 19.4 Å². The highest BCUT2D eigenvalue weighted by molar-refractivity contribution is 5.21. The van der Waals surface area contributed by atoms with E-state index in [4.69, 9.17) is 5.73 Å². The van der Waals surface area contributed by atoms with Gasteiger partial charge < -0.3 is 5.73 Å². The largest absolute Gasteiger partial charge is 0.326 e. The Bertz CT molecular complexity index is 441. The lowest BCUT2D eigenvalue weighted by Crippen LogP contribution is -2.03. The molecule has 1 aliphatic rings. The van der Waals surface area contributed by atoms with Gasteiger partial charge in [0.2, 0.25) is 0 Å². The summed E-state index contributed by atoms with van der Waals surface area (Å²) in [6.45, 7) is 0.640. The second-order valence-corrected chi connectivity index (χ2v) is 4.51. The van der Waals surface area contributed by atoms with Crippen molar-refractivity contribution in [3.05, 3.63) is 65.5 Å². The van der Waals surface area contributed by atoms with Crippen LogP contribution in [0, 0.1) is 0 Å². The molecule has 0 bridgehead atoms. The third-order valence-corrected chi connectivity index (χ3v) is 3.17. The second-order valence-electron chi connectivity index (χ2n) is 4.51. The Morgan fingerprint density at radius 2 is 1.72 bits per heavy atom. The number of benzene rings is 1. The monoisotopic (exact) mass is 240 g/mol. The summed E-state index contributed by atoms with van der Waals surface area (Å²) in [7, 11) is 0. The molecule has 0 unspecified atom stereocenters. The van der Waals surface area contributed by atoms with Crippen LogP contribution in [0.5, 0.6) is 0 Å². The molecule has 94 valence electrons. The van der Waals surface area contributed by atoms with E-state index in [1.807, 2.05) is 42.6 Å². The zero-order valence-corrected chi connectivity index (χ0v) is 10.7. The van der Waals surface area contributed by atoms with Crippen molar-refractivity contribution in [3.63, 3.8) is 0 Å². The van der Waals surface area contributed by atoms with Gasteiger partial charge in [-0.2, -0.15) is 0 Å². The molecule has 0 fully saturated rings. The third kappa shape index (κ3) is 3.67. The summed E-state index contributed by atoms with van der Waals surface area (Å²) in [4.78, 5) is 4.32. The van der Waals surface area contributed by atoms with Gasteiger partial charge in [0.1, 0.15) is 0 Å². The van der Waals surface area contributed by atoms with Crippen LogP contribution in [0.15, 0.2) is 48.7 Å². The quantitative estimate of drug-likeness (QED) is 0.832. The van der Waals surface area contributed by atoms with Crippen molar-refractivity contribution < 1.29 is 0 Å². The number of nitrogens with zero attached hydrogens (tertiary/aromatic N) is 1. The normalized spacial score (nSPS) is 13.2. The van der Waals surface area contributed by atoms with Crippen LogP contribution in [0.4, 0.5) is 0 Å². The minimum absolute atomic E-state index is 0.640. The molecule has 2 aromatic rings. The van der Waals surface area contributed by atoms with E-state index in [9.17, 15) is 0 Å². The van der Waals surface area contributed by atoms with E-state index in [0.29, 0.717) is 6.54 Å². The number of aryl methyl sites for hydroxylation is 2. The standard InChI is InChI=1S/C9H11N.C7H9N/c1-2-6-9-8(4-1)5-3-7-10-9;8-6-7-4-2-1-3-5-7/h3,5,7H,1-2,4,6H2;1-5H,6,8H2. The minimum Gasteiger partial charge on any atom is -0.326 e. The number of nitrogens with two attached hydrogens (primary N) is 1. The molecule has 1 aromatic heterocycles. The molecule has 1 aromatic carbocycles. The highest BCUT2D eigenvalue weighted by Gasteiger charge is 2.07. The molecule has 1 heterocycles. The summed E-state index contributed by atoms with van der Waals surface area (Å²) >= 11 is 0. The molecule has 0 saturated heterocycles. The third-order valence-electron chi connectivity index (χ3n) is 3.17. The van der Waals surface area contributed by atoms with Gasteiger partial charge in [-0.25, -0.2) is 0 Å². The number of rotatable bonds is 1. The van der Waals surface area contributed by atoms with Crippen molar-refractivity contribution in [1.82, 2.24) is 4.98 Å². The van der Waals surface area contributed by atoms with Gasteiger partial charge in [0, 0.05) is 18.4 Å². The summed E-state index contributed by atoms with van der Waals surface area (Å²) in [5, 5.41) is 0.